The molecule has 2 atom stereocenters. The van der Waals surface area contributed by atoms with Gasteiger partial charge in [0, 0.05) is 12.0 Å². The van der Waals surface area contributed by atoms with E-state index in [1.807, 2.05) is 18.2 Å². The predicted octanol–water partition coefficient (Wildman–Crippen LogP) is 3.21. The molecule has 0 saturated heterocycles. The Hall–Kier alpha value is -2.14. The van der Waals surface area contributed by atoms with Crippen molar-refractivity contribution in [3.8, 4) is 0 Å². The molecule has 1 aromatic carbocycles. The van der Waals surface area contributed by atoms with Crippen molar-refractivity contribution in [1.29, 1.82) is 0 Å². The largest absolute Gasteiger partial charge is 0.465 e. The lowest BCUT2D eigenvalue weighted by atomic mass is 9.75. The van der Waals surface area contributed by atoms with E-state index in [1.54, 1.807) is 12.1 Å². The number of hydrogen-bond acceptors (Lipinski definition) is 4. The van der Waals surface area contributed by atoms with Crippen LogP contribution >= 0.6 is 11.3 Å². The number of methoxy groups -OCH3 is 1. The first-order chi connectivity index (χ1) is 10.7. The van der Waals surface area contributed by atoms with Crippen molar-refractivity contribution in [2.24, 2.45) is 0 Å². The average molecular weight is 315 g/mol. The molecular weight excluding hydrogens is 298 g/mol. The Bertz CT molecular complexity index is 680. The zero-order valence-electron chi connectivity index (χ0n) is 12.2. The second-order valence-electron chi connectivity index (χ2n) is 5.33. The van der Waals surface area contributed by atoms with E-state index in [-0.39, 0.29) is 11.9 Å². The molecule has 1 aliphatic carbocycles. The third-order valence-electron chi connectivity index (χ3n) is 4.03. The van der Waals surface area contributed by atoms with Crippen LogP contribution in [0, 0.1) is 0 Å². The van der Waals surface area contributed by atoms with E-state index in [2.05, 4.69) is 22.2 Å². The van der Waals surface area contributed by atoms with Gasteiger partial charge in [0.1, 0.15) is 4.88 Å². The van der Waals surface area contributed by atoms with Crippen molar-refractivity contribution in [1.82, 2.24) is 5.32 Å². The normalized spacial score (nSPS) is 20.0. The molecule has 22 heavy (non-hydrogen) atoms. The Morgan fingerprint density at radius 2 is 1.82 bits per heavy atom. The summed E-state index contributed by atoms with van der Waals surface area (Å²) in [5.74, 6) is -0.147. The maximum atomic E-state index is 12.3. The summed E-state index contributed by atoms with van der Waals surface area (Å²) in [6.45, 7) is 0. The fourth-order valence-electron chi connectivity index (χ4n) is 2.68. The SMILES string of the molecule is COC(=O)c1ccc(C(=O)N[C@@H]2CC[C@@H]2c2ccccc2)s1. The highest BCUT2D eigenvalue weighted by atomic mass is 32.1. The molecule has 0 bridgehead atoms. The highest BCUT2D eigenvalue weighted by Crippen LogP contribution is 2.37. The van der Waals surface area contributed by atoms with Gasteiger partial charge < -0.3 is 10.1 Å². The lowest BCUT2D eigenvalue weighted by Gasteiger charge is -2.37. The average Bonchev–Trinajstić information content (AvgIpc) is 3.01. The van der Waals surface area contributed by atoms with Crippen molar-refractivity contribution < 1.29 is 14.3 Å². The number of benzene rings is 1. The van der Waals surface area contributed by atoms with E-state index >= 15 is 0 Å². The summed E-state index contributed by atoms with van der Waals surface area (Å²) in [6, 6.07) is 13.7. The smallest absolute Gasteiger partial charge is 0.348 e. The summed E-state index contributed by atoms with van der Waals surface area (Å²) in [7, 11) is 1.33. The Morgan fingerprint density at radius 3 is 2.45 bits per heavy atom. The van der Waals surface area contributed by atoms with Crippen molar-refractivity contribution >= 4 is 23.2 Å². The molecular formula is C17H17NO3S. The molecule has 1 heterocycles. The summed E-state index contributed by atoms with van der Waals surface area (Å²) in [5, 5.41) is 3.07. The van der Waals surface area contributed by atoms with Gasteiger partial charge in [0.25, 0.3) is 5.91 Å². The fourth-order valence-corrected chi connectivity index (χ4v) is 3.51. The molecule has 0 radical (unpaired) electrons. The van der Waals surface area contributed by atoms with Gasteiger partial charge in [-0.25, -0.2) is 4.79 Å². The molecule has 114 valence electrons. The number of carbonyl (C=O) groups excluding carboxylic acids is 2. The van der Waals surface area contributed by atoms with Gasteiger partial charge in [0.2, 0.25) is 0 Å². The fraction of sp³-hybridized carbons (Fsp3) is 0.294. The lowest BCUT2D eigenvalue weighted by Crippen LogP contribution is -2.45. The summed E-state index contributed by atoms with van der Waals surface area (Å²) in [4.78, 5) is 24.7. The molecule has 1 amide bonds. The van der Waals surface area contributed by atoms with Crippen molar-refractivity contribution in [3.63, 3.8) is 0 Å². The Balaban J connectivity index is 1.65. The molecule has 1 aliphatic rings. The second kappa shape index (κ2) is 6.32. The number of nitrogens with one attached hydrogen (secondary N) is 1. The predicted molar refractivity (Wildman–Crippen MR) is 85.3 cm³/mol. The van der Waals surface area contributed by atoms with Gasteiger partial charge >= 0.3 is 5.97 Å². The van der Waals surface area contributed by atoms with Gasteiger partial charge in [0.05, 0.1) is 12.0 Å². The van der Waals surface area contributed by atoms with E-state index < -0.39 is 5.97 Å². The summed E-state index contributed by atoms with van der Waals surface area (Å²) in [5.41, 5.74) is 1.26. The Kier molecular flexibility index (Phi) is 4.24. The van der Waals surface area contributed by atoms with E-state index in [4.69, 9.17) is 0 Å². The molecule has 1 aromatic heterocycles. The first-order valence-corrected chi connectivity index (χ1v) is 8.04. The van der Waals surface area contributed by atoms with Crippen molar-refractivity contribution in [2.75, 3.05) is 7.11 Å². The number of rotatable bonds is 4. The zero-order chi connectivity index (χ0) is 15.5. The molecule has 0 aliphatic heterocycles. The highest BCUT2D eigenvalue weighted by molar-refractivity contribution is 7.15. The third-order valence-corrected chi connectivity index (χ3v) is 5.10. The van der Waals surface area contributed by atoms with Crippen LogP contribution in [0.25, 0.3) is 0 Å². The van der Waals surface area contributed by atoms with Gasteiger partial charge in [-0.1, -0.05) is 30.3 Å². The van der Waals surface area contributed by atoms with Crippen LogP contribution in [-0.2, 0) is 4.74 Å². The summed E-state index contributed by atoms with van der Waals surface area (Å²) in [6.07, 6.45) is 2.08. The number of esters is 1. The van der Waals surface area contributed by atoms with Gasteiger partial charge in [0.15, 0.2) is 0 Å². The highest BCUT2D eigenvalue weighted by Gasteiger charge is 2.33. The first-order valence-electron chi connectivity index (χ1n) is 7.23. The standard InChI is InChI=1S/C17H17NO3S/c1-21-17(20)15-10-9-14(22-15)16(19)18-13-8-7-12(13)11-5-3-2-4-6-11/h2-6,9-10,12-13H,7-8H2,1H3,(H,18,19)/t12-,13-/m1/s1. The van der Waals surface area contributed by atoms with Crippen LogP contribution in [0.4, 0.5) is 0 Å². The third kappa shape index (κ3) is 2.90. The molecule has 4 nitrogen and oxygen atoms in total. The lowest BCUT2D eigenvalue weighted by molar-refractivity contribution is 0.0606. The van der Waals surface area contributed by atoms with Crippen molar-refractivity contribution in [2.45, 2.75) is 24.8 Å². The molecule has 0 unspecified atom stereocenters. The summed E-state index contributed by atoms with van der Waals surface area (Å²) < 4.78 is 4.66. The second-order valence-corrected chi connectivity index (χ2v) is 6.41. The van der Waals surface area contributed by atoms with Crippen LogP contribution in [0.5, 0.6) is 0 Å². The van der Waals surface area contributed by atoms with E-state index in [0.29, 0.717) is 15.7 Å². The minimum absolute atomic E-state index is 0.120. The quantitative estimate of drug-likeness (QED) is 0.882. The number of carbonyl (C=O) groups is 2. The molecule has 5 heteroatoms. The van der Waals surface area contributed by atoms with Crippen LogP contribution in [0.3, 0.4) is 0 Å². The maximum Gasteiger partial charge on any atom is 0.348 e. The zero-order valence-corrected chi connectivity index (χ0v) is 13.1. The van der Waals surface area contributed by atoms with E-state index in [1.165, 1.54) is 12.7 Å². The van der Waals surface area contributed by atoms with Gasteiger partial charge in [-0.3, -0.25) is 4.79 Å². The summed E-state index contributed by atoms with van der Waals surface area (Å²) >= 11 is 1.16. The molecule has 1 N–H and O–H groups in total. The van der Waals surface area contributed by atoms with Crippen LogP contribution in [0.2, 0.25) is 0 Å². The molecule has 3 rings (SSSR count). The van der Waals surface area contributed by atoms with Gasteiger partial charge in [-0.15, -0.1) is 11.3 Å². The number of ether oxygens (including phenoxy) is 1. The van der Waals surface area contributed by atoms with Crippen molar-refractivity contribution in [3.05, 3.63) is 57.8 Å². The number of hydrogen-bond donors (Lipinski definition) is 1. The Labute approximate surface area is 133 Å². The van der Waals surface area contributed by atoms with Crippen LogP contribution in [-0.4, -0.2) is 25.0 Å². The number of amides is 1. The monoisotopic (exact) mass is 315 g/mol. The topological polar surface area (TPSA) is 55.4 Å². The van der Waals surface area contributed by atoms with Gasteiger partial charge in [-0.05, 0) is 30.5 Å². The molecule has 2 aromatic rings. The molecule has 1 fully saturated rings. The molecule has 0 spiro atoms. The van der Waals surface area contributed by atoms with E-state index in [0.717, 1.165) is 24.2 Å². The van der Waals surface area contributed by atoms with Crippen LogP contribution in [0.1, 0.15) is 43.7 Å². The Morgan fingerprint density at radius 1 is 1.09 bits per heavy atom. The maximum absolute atomic E-state index is 12.3. The minimum Gasteiger partial charge on any atom is -0.465 e. The van der Waals surface area contributed by atoms with Crippen LogP contribution < -0.4 is 5.32 Å². The van der Waals surface area contributed by atoms with Gasteiger partial charge in [-0.2, -0.15) is 0 Å². The molecule has 1 saturated carbocycles. The van der Waals surface area contributed by atoms with Crippen LogP contribution in [0.15, 0.2) is 42.5 Å². The minimum atomic E-state index is -0.408. The van der Waals surface area contributed by atoms with E-state index in [9.17, 15) is 9.59 Å². The first kappa shape index (κ1) is 14.8. The number of thiophene rings is 1.